The highest BCUT2D eigenvalue weighted by molar-refractivity contribution is 14.2. The van der Waals surface area contributed by atoms with Crippen molar-refractivity contribution < 1.29 is 0 Å². The summed E-state index contributed by atoms with van der Waals surface area (Å²) < 4.78 is 2.00. The fourth-order valence-corrected chi connectivity index (χ4v) is 2.70. The third-order valence-corrected chi connectivity index (χ3v) is 4.45. The van der Waals surface area contributed by atoms with Crippen LogP contribution in [0.3, 0.4) is 0 Å². The van der Waals surface area contributed by atoms with Crippen molar-refractivity contribution in [3.8, 4) is 0 Å². The van der Waals surface area contributed by atoms with Gasteiger partial charge in [0.05, 0.1) is 5.69 Å². The molecular formula is C12H16IN3. The summed E-state index contributed by atoms with van der Waals surface area (Å²) in [6.07, 6.45) is 0. The van der Waals surface area contributed by atoms with Crippen LogP contribution in [0.4, 0.5) is 5.69 Å². The average Bonchev–Trinajstić information content (AvgIpc) is 2.27. The van der Waals surface area contributed by atoms with E-state index in [1.807, 2.05) is 31.2 Å². The Morgan fingerprint density at radius 1 is 1.50 bits per heavy atom. The van der Waals surface area contributed by atoms with E-state index in [2.05, 4.69) is 23.8 Å². The lowest BCUT2D eigenvalue weighted by Gasteiger charge is -2.09. The van der Waals surface area contributed by atoms with Crippen LogP contribution in [0.15, 0.2) is 35.9 Å². The molecule has 0 spiro atoms. The van der Waals surface area contributed by atoms with Crippen LogP contribution in [-0.4, -0.2) is 14.8 Å². The van der Waals surface area contributed by atoms with E-state index in [1.165, 1.54) is 0 Å². The van der Waals surface area contributed by atoms with Crippen LogP contribution in [0.1, 0.15) is 12.5 Å². The first kappa shape index (κ1) is 13.1. The molecule has 0 fully saturated rings. The van der Waals surface area contributed by atoms with E-state index in [-0.39, 0.29) is 20.7 Å². The Hall–Kier alpha value is -1.01. The van der Waals surface area contributed by atoms with Crippen LogP contribution >= 0.6 is 20.7 Å². The molecule has 0 aliphatic heterocycles. The van der Waals surface area contributed by atoms with Crippen LogP contribution in [0, 0.1) is 0 Å². The Balaban J connectivity index is 2.89. The second kappa shape index (κ2) is 6.55. The Labute approximate surface area is 106 Å². The number of rotatable bonds is 5. The van der Waals surface area contributed by atoms with Gasteiger partial charge in [0.15, 0.2) is 0 Å². The maximum atomic E-state index is 5.70. The number of hydrazone groups is 1. The van der Waals surface area contributed by atoms with E-state index in [9.17, 15) is 0 Å². The normalized spacial score (nSPS) is 11.5. The molecule has 0 heterocycles. The molecule has 1 rings (SSSR count). The first-order chi connectivity index (χ1) is 7.65. The van der Waals surface area contributed by atoms with Gasteiger partial charge in [-0.05, 0) is 18.6 Å². The van der Waals surface area contributed by atoms with Gasteiger partial charge in [0.1, 0.15) is 0 Å². The highest BCUT2D eigenvalue weighted by atomic mass is 127. The molecular weight excluding hydrogens is 313 g/mol. The number of halogens is 1. The highest BCUT2D eigenvalue weighted by Gasteiger charge is 2.03. The zero-order chi connectivity index (χ0) is 12.0. The fourth-order valence-electron chi connectivity index (χ4n) is 1.23. The molecule has 0 aliphatic carbocycles. The van der Waals surface area contributed by atoms with Crippen molar-refractivity contribution in [3.05, 3.63) is 36.4 Å². The van der Waals surface area contributed by atoms with Gasteiger partial charge in [0.25, 0.3) is 0 Å². The van der Waals surface area contributed by atoms with Gasteiger partial charge in [-0.15, -0.1) is 20.7 Å². The number of anilines is 1. The number of alkyl halides is 1. The summed E-state index contributed by atoms with van der Waals surface area (Å²) in [7, 11) is 0. The molecule has 0 aromatic heterocycles. The average molecular weight is 329 g/mol. The molecule has 16 heavy (non-hydrogen) atoms. The first-order valence-electron chi connectivity index (χ1n) is 4.82. The number of nitrogens with zero attached hydrogens (tertiary/aromatic N) is 1. The maximum Gasteiger partial charge on any atom is 0.0636 e. The number of nitrogens with two attached hydrogens (primary N) is 1. The summed E-state index contributed by atoms with van der Waals surface area (Å²) in [6.45, 7) is 9.49. The lowest BCUT2D eigenvalue weighted by atomic mass is 10.1. The quantitative estimate of drug-likeness (QED) is 0.378. The monoisotopic (exact) mass is 329 g/mol. The van der Waals surface area contributed by atoms with Crippen LogP contribution in [0.2, 0.25) is 0 Å². The van der Waals surface area contributed by atoms with Gasteiger partial charge in [0, 0.05) is 20.3 Å². The summed E-state index contributed by atoms with van der Waals surface area (Å²) in [4.78, 5) is 0. The van der Waals surface area contributed by atoms with Crippen molar-refractivity contribution in [1.29, 1.82) is 0 Å². The van der Waals surface area contributed by atoms with E-state index in [0.29, 0.717) is 0 Å². The largest absolute Gasteiger partial charge is 0.302 e. The lowest BCUT2D eigenvalue weighted by Crippen LogP contribution is -2.01. The van der Waals surface area contributed by atoms with Gasteiger partial charge >= 0.3 is 0 Å². The van der Waals surface area contributed by atoms with Gasteiger partial charge in [-0.1, -0.05) is 24.8 Å². The Bertz CT molecular complexity index is 420. The number of benzene rings is 1. The fraction of sp³-hybridized carbons (Fsp3) is 0.167. The topological polar surface area (TPSA) is 50.4 Å². The van der Waals surface area contributed by atoms with Gasteiger partial charge in [0.2, 0.25) is 0 Å². The maximum absolute atomic E-state index is 5.70. The minimum atomic E-state index is -0.103. The zero-order valence-electron chi connectivity index (χ0n) is 9.33. The van der Waals surface area contributed by atoms with E-state index in [0.717, 1.165) is 24.9 Å². The number of nitrogens with one attached hydrogen (secondary N) is 1. The van der Waals surface area contributed by atoms with Crippen LogP contribution in [-0.2, 0) is 0 Å². The van der Waals surface area contributed by atoms with Crippen molar-refractivity contribution >= 4 is 42.3 Å². The molecule has 0 saturated carbocycles. The predicted molar refractivity (Wildman–Crippen MR) is 82.4 cm³/mol. The number of hydrogen-bond donors (Lipinski definition) is 2. The molecule has 4 heteroatoms. The molecule has 86 valence electrons. The smallest absolute Gasteiger partial charge is 0.0636 e. The van der Waals surface area contributed by atoms with Crippen LogP contribution in [0.25, 0.3) is 5.57 Å². The standard InChI is InChI=1S/C12H16IN3/c1-9(8-13-10(2)14)11-6-4-5-7-12(11)16-15-3/h4-7,16H,1,3,8,14H2,2H3. The zero-order valence-corrected chi connectivity index (χ0v) is 11.5. The first-order valence-corrected chi connectivity index (χ1v) is 7.42. The van der Waals surface area contributed by atoms with Crippen LogP contribution < -0.4 is 11.2 Å². The molecule has 0 radical (unpaired) electrons. The summed E-state index contributed by atoms with van der Waals surface area (Å²) in [5.41, 5.74) is 11.7. The SMILES string of the molecule is C=NNc1ccccc1C(=C)CI=C(C)N. The van der Waals surface area contributed by atoms with E-state index in [1.54, 1.807) is 0 Å². The molecule has 0 aliphatic rings. The molecule has 3 nitrogen and oxygen atoms in total. The molecule has 0 amide bonds. The van der Waals surface area contributed by atoms with Crippen molar-refractivity contribution in [2.45, 2.75) is 6.92 Å². The van der Waals surface area contributed by atoms with E-state index in [4.69, 9.17) is 5.73 Å². The van der Waals surface area contributed by atoms with Gasteiger partial charge in [-0.3, -0.25) is 5.43 Å². The minimum Gasteiger partial charge on any atom is -0.302 e. The molecule has 0 saturated heterocycles. The molecule has 3 N–H and O–H groups in total. The van der Waals surface area contributed by atoms with Crippen molar-refractivity contribution in [2.24, 2.45) is 10.8 Å². The summed E-state index contributed by atoms with van der Waals surface area (Å²) >= 11 is -0.103. The third-order valence-electron chi connectivity index (χ3n) is 1.95. The lowest BCUT2D eigenvalue weighted by molar-refractivity contribution is 1.35. The molecule has 0 atom stereocenters. The Kier molecular flexibility index (Phi) is 5.34. The van der Waals surface area contributed by atoms with Gasteiger partial charge in [-0.25, -0.2) is 0 Å². The summed E-state index contributed by atoms with van der Waals surface area (Å²) in [6, 6.07) is 7.95. The summed E-state index contributed by atoms with van der Waals surface area (Å²) in [5, 5.41) is 3.68. The molecule has 0 bridgehead atoms. The molecule has 1 aromatic carbocycles. The third kappa shape index (κ3) is 3.86. The number of allylic oxidation sites excluding steroid dienone is 1. The van der Waals surface area contributed by atoms with E-state index < -0.39 is 0 Å². The second-order valence-corrected chi connectivity index (χ2v) is 6.50. The van der Waals surface area contributed by atoms with Gasteiger partial charge in [-0.2, -0.15) is 5.10 Å². The van der Waals surface area contributed by atoms with Gasteiger partial charge < -0.3 is 5.73 Å². The van der Waals surface area contributed by atoms with E-state index >= 15 is 0 Å². The molecule has 1 aromatic rings. The van der Waals surface area contributed by atoms with Crippen molar-refractivity contribution in [3.63, 3.8) is 0 Å². The molecule has 0 unspecified atom stereocenters. The number of para-hydroxylation sites is 1. The summed E-state index contributed by atoms with van der Waals surface area (Å²) in [5.74, 6) is 0. The van der Waals surface area contributed by atoms with Crippen LogP contribution in [0.5, 0.6) is 0 Å². The minimum absolute atomic E-state index is 0.103. The van der Waals surface area contributed by atoms with Crippen molar-refractivity contribution in [1.82, 2.24) is 0 Å². The highest BCUT2D eigenvalue weighted by Crippen LogP contribution is 2.25. The Morgan fingerprint density at radius 2 is 2.19 bits per heavy atom. The van der Waals surface area contributed by atoms with Crippen molar-refractivity contribution in [2.75, 3.05) is 9.85 Å². The predicted octanol–water partition coefficient (Wildman–Crippen LogP) is 2.81. The second-order valence-electron chi connectivity index (χ2n) is 3.27. The Morgan fingerprint density at radius 3 is 2.81 bits per heavy atom. The number of hydrogen-bond acceptors (Lipinski definition) is 3.